The van der Waals surface area contributed by atoms with Crippen LogP contribution in [0.25, 0.3) is 0 Å². The lowest BCUT2D eigenvalue weighted by Crippen LogP contribution is -2.07. The molecule has 0 saturated carbocycles. The fourth-order valence-electron chi connectivity index (χ4n) is 1.40. The third-order valence-electron chi connectivity index (χ3n) is 2.15. The molecule has 1 atom stereocenters. The van der Waals surface area contributed by atoms with Crippen LogP contribution in [0.15, 0.2) is 22.9 Å². The Hall–Kier alpha value is -0.410. The van der Waals surface area contributed by atoms with Crippen molar-refractivity contribution in [1.29, 1.82) is 0 Å². The van der Waals surface area contributed by atoms with Gasteiger partial charge in [-0.15, -0.1) is 0 Å². The van der Waals surface area contributed by atoms with E-state index in [0.29, 0.717) is 0 Å². The van der Waals surface area contributed by atoms with E-state index < -0.39 is 0 Å². The summed E-state index contributed by atoms with van der Waals surface area (Å²) in [5, 5.41) is 9.55. The number of hydrogen-bond donors (Lipinski definition) is 1. The number of pyridine rings is 1. The summed E-state index contributed by atoms with van der Waals surface area (Å²) in [5.74, 6) is 0. The summed E-state index contributed by atoms with van der Waals surface area (Å²) in [7, 11) is 0. The van der Waals surface area contributed by atoms with Gasteiger partial charge in [-0.1, -0.05) is 13.3 Å². The molecule has 1 aromatic heterocycles. The maximum absolute atomic E-state index is 9.55. The van der Waals surface area contributed by atoms with Crippen LogP contribution in [0.4, 0.5) is 0 Å². The lowest BCUT2D eigenvalue weighted by atomic mass is 10.1. The molecule has 0 aliphatic rings. The molecule has 1 aromatic rings. The number of aromatic nitrogens is 1. The summed E-state index contributed by atoms with van der Waals surface area (Å²) >= 11 is 3.37. The van der Waals surface area contributed by atoms with Gasteiger partial charge in [-0.2, -0.15) is 0 Å². The Balaban J connectivity index is 2.37. The Morgan fingerprint density at radius 3 is 2.86 bits per heavy atom. The average Bonchev–Trinajstić information content (AvgIpc) is 2.15. The Bertz CT molecular complexity index is 278. The van der Waals surface area contributed by atoms with Gasteiger partial charge in [0, 0.05) is 16.9 Å². The molecule has 0 radical (unpaired) electrons. The molecule has 0 fully saturated rings. The minimum Gasteiger partial charge on any atom is -0.393 e. The van der Waals surface area contributed by atoms with Crippen molar-refractivity contribution in [1.82, 2.24) is 4.98 Å². The zero-order chi connectivity index (χ0) is 10.4. The van der Waals surface area contributed by atoms with Crippen molar-refractivity contribution in [3.63, 3.8) is 0 Å². The van der Waals surface area contributed by atoms with E-state index in [0.717, 1.165) is 30.2 Å². The van der Waals surface area contributed by atoms with Crippen LogP contribution in [-0.4, -0.2) is 16.2 Å². The summed E-state index contributed by atoms with van der Waals surface area (Å²) in [6, 6.07) is 2.05. The van der Waals surface area contributed by atoms with Gasteiger partial charge in [-0.3, -0.25) is 4.98 Å². The van der Waals surface area contributed by atoms with Crippen molar-refractivity contribution in [3.05, 3.63) is 28.5 Å². The predicted octanol–water partition coefficient (Wildman–Crippen LogP) is 2.94. The van der Waals surface area contributed by atoms with E-state index in [1.54, 1.807) is 6.20 Å². The number of hydrogen-bond acceptors (Lipinski definition) is 2. The van der Waals surface area contributed by atoms with Gasteiger partial charge < -0.3 is 5.11 Å². The highest BCUT2D eigenvalue weighted by Gasteiger charge is 2.03. The van der Waals surface area contributed by atoms with Crippen LogP contribution < -0.4 is 0 Å². The van der Waals surface area contributed by atoms with Crippen molar-refractivity contribution in [2.45, 2.75) is 38.7 Å². The number of halogens is 1. The van der Waals surface area contributed by atoms with Gasteiger partial charge in [-0.25, -0.2) is 0 Å². The molecule has 0 aliphatic heterocycles. The molecule has 0 aliphatic carbocycles. The summed E-state index contributed by atoms with van der Waals surface area (Å²) in [6.07, 6.45) is 7.10. The van der Waals surface area contributed by atoms with E-state index in [1.165, 1.54) is 5.56 Å². The van der Waals surface area contributed by atoms with Gasteiger partial charge in [0.15, 0.2) is 0 Å². The van der Waals surface area contributed by atoms with Crippen LogP contribution in [0, 0.1) is 0 Å². The van der Waals surface area contributed by atoms with Gasteiger partial charge in [0.25, 0.3) is 0 Å². The minimum absolute atomic E-state index is 0.168. The fourth-order valence-corrected chi connectivity index (χ4v) is 1.82. The summed E-state index contributed by atoms with van der Waals surface area (Å²) in [5.41, 5.74) is 1.18. The van der Waals surface area contributed by atoms with Gasteiger partial charge >= 0.3 is 0 Å². The number of nitrogens with zero attached hydrogens (tertiary/aromatic N) is 1. The van der Waals surface area contributed by atoms with Crippen LogP contribution in [0.2, 0.25) is 0 Å². The molecule has 3 heteroatoms. The van der Waals surface area contributed by atoms with Crippen LogP contribution in [0.5, 0.6) is 0 Å². The predicted molar refractivity (Wildman–Crippen MR) is 61.2 cm³/mol. The molecule has 0 spiro atoms. The lowest BCUT2D eigenvalue weighted by Gasteiger charge is -2.08. The van der Waals surface area contributed by atoms with Crippen molar-refractivity contribution in [2.24, 2.45) is 0 Å². The maximum atomic E-state index is 9.55. The summed E-state index contributed by atoms with van der Waals surface area (Å²) in [6.45, 7) is 2.09. The molecule has 1 heterocycles. The first-order chi connectivity index (χ1) is 6.72. The Kier molecular flexibility index (Phi) is 5.12. The molecule has 1 rings (SSSR count). The maximum Gasteiger partial charge on any atom is 0.0543 e. The molecule has 14 heavy (non-hydrogen) atoms. The second-order valence-corrected chi connectivity index (χ2v) is 4.41. The van der Waals surface area contributed by atoms with Gasteiger partial charge in [0.2, 0.25) is 0 Å². The number of aliphatic hydroxyl groups is 1. The fraction of sp³-hybridized carbons (Fsp3) is 0.545. The molecule has 2 nitrogen and oxygen atoms in total. The highest BCUT2D eigenvalue weighted by molar-refractivity contribution is 9.10. The van der Waals surface area contributed by atoms with Crippen molar-refractivity contribution < 1.29 is 5.11 Å². The van der Waals surface area contributed by atoms with Gasteiger partial charge in [0.1, 0.15) is 0 Å². The summed E-state index contributed by atoms with van der Waals surface area (Å²) in [4.78, 5) is 4.08. The van der Waals surface area contributed by atoms with E-state index in [1.807, 2.05) is 12.3 Å². The standard InChI is InChI=1S/C11H16BrNO/c1-2-3-11(14)5-4-9-6-10(12)8-13-7-9/h6-8,11,14H,2-5H2,1H3. The van der Waals surface area contributed by atoms with Crippen molar-refractivity contribution >= 4 is 15.9 Å². The van der Waals surface area contributed by atoms with E-state index >= 15 is 0 Å². The van der Waals surface area contributed by atoms with Crippen LogP contribution in [-0.2, 0) is 6.42 Å². The second kappa shape index (κ2) is 6.14. The number of rotatable bonds is 5. The van der Waals surface area contributed by atoms with Crippen LogP contribution >= 0.6 is 15.9 Å². The topological polar surface area (TPSA) is 33.1 Å². The molecule has 1 N–H and O–H groups in total. The average molecular weight is 258 g/mol. The zero-order valence-corrected chi connectivity index (χ0v) is 10.00. The minimum atomic E-state index is -0.168. The molecular formula is C11H16BrNO. The van der Waals surface area contributed by atoms with Crippen molar-refractivity contribution in [2.75, 3.05) is 0 Å². The molecule has 78 valence electrons. The monoisotopic (exact) mass is 257 g/mol. The third kappa shape index (κ3) is 4.20. The number of aryl methyl sites for hydroxylation is 1. The summed E-state index contributed by atoms with van der Waals surface area (Å²) < 4.78 is 1.000. The first-order valence-corrected chi connectivity index (χ1v) is 5.79. The molecule has 1 unspecified atom stereocenters. The molecule has 0 saturated heterocycles. The molecule has 0 bridgehead atoms. The second-order valence-electron chi connectivity index (χ2n) is 3.49. The largest absolute Gasteiger partial charge is 0.393 e. The third-order valence-corrected chi connectivity index (χ3v) is 2.58. The SMILES string of the molecule is CCCC(O)CCc1cncc(Br)c1. The Labute approximate surface area is 93.5 Å². The smallest absolute Gasteiger partial charge is 0.0543 e. The Morgan fingerprint density at radius 2 is 2.21 bits per heavy atom. The zero-order valence-electron chi connectivity index (χ0n) is 8.41. The van der Waals surface area contributed by atoms with E-state index in [2.05, 4.69) is 27.8 Å². The van der Waals surface area contributed by atoms with Gasteiger partial charge in [0.05, 0.1) is 6.10 Å². The lowest BCUT2D eigenvalue weighted by molar-refractivity contribution is 0.154. The highest BCUT2D eigenvalue weighted by atomic mass is 79.9. The number of aliphatic hydroxyl groups excluding tert-OH is 1. The van der Waals surface area contributed by atoms with Crippen LogP contribution in [0.1, 0.15) is 31.7 Å². The highest BCUT2D eigenvalue weighted by Crippen LogP contribution is 2.12. The molecule has 0 amide bonds. The molecule has 0 aromatic carbocycles. The van der Waals surface area contributed by atoms with Crippen molar-refractivity contribution in [3.8, 4) is 0 Å². The normalized spacial score (nSPS) is 12.8. The Morgan fingerprint density at radius 1 is 1.43 bits per heavy atom. The van der Waals surface area contributed by atoms with Crippen LogP contribution in [0.3, 0.4) is 0 Å². The van der Waals surface area contributed by atoms with E-state index in [-0.39, 0.29) is 6.10 Å². The van der Waals surface area contributed by atoms with E-state index in [9.17, 15) is 5.11 Å². The van der Waals surface area contributed by atoms with Gasteiger partial charge in [-0.05, 0) is 46.8 Å². The first kappa shape index (κ1) is 11.7. The molecular weight excluding hydrogens is 242 g/mol. The first-order valence-electron chi connectivity index (χ1n) is 5.00. The quantitative estimate of drug-likeness (QED) is 0.880. The van der Waals surface area contributed by atoms with E-state index in [4.69, 9.17) is 0 Å².